The molecular weight excluding hydrogens is 402 g/mol. The fraction of sp³-hybridized carbons (Fsp3) is 0.190. The molecule has 27 heavy (non-hydrogen) atoms. The molecule has 4 rings (SSSR count). The Morgan fingerprint density at radius 1 is 1.04 bits per heavy atom. The Balaban J connectivity index is 1.65. The van der Waals surface area contributed by atoms with Gasteiger partial charge >= 0.3 is 0 Å². The molecule has 0 saturated heterocycles. The Kier molecular flexibility index (Phi) is 5.16. The van der Waals surface area contributed by atoms with Crippen molar-refractivity contribution in [2.75, 3.05) is 5.32 Å². The maximum absolute atomic E-state index is 4.52. The van der Waals surface area contributed by atoms with Gasteiger partial charge in [0.1, 0.15) is 12.1 Å². The molecule has 2 aromatic heterocycles. The number of rotatable bonds is 6. The SMILES string of the molecule is CCCCc1ccc(Nc2ncnc3c2cnn3-c2ccccc2Br)cc1. The fourth-order valence-electron chi connectivity index (χ4n) is 3.02. The van der Waals surface area contributed by atoms with Crippen LogP contribution in [0.1, 0.15) is 25.3 Å². The highest BCUT2D eigenvalue weighted by Gasteiger charge is 2.13. The first-order valence-corrected chi connectivity index (χ1v) is 9.85. The maximum Gasteiger partial charge on any atom is 0.168 e. The number of aromatic nitrogens is 4. The Morgan fingerprint density at radius 3 is 2.63 bits per heavy atom. The predicted octanol–water partition coefficient (Wildman–Crippen LogP) is 5.66. The summed E-state index contributed by atoms with van der Waals surface area (Å²) in [5.74, 6) is 0.750. The molecule has 0 unspecified atom stereocenters. The lowest BCUT2D eigenvalue weighted by molar-refractivity contribution is 0.795. The molecule has 0 saturated carbocycles. The molecule has 0 fully saturated rings. The summed E-state index contributed by atoms with van der Waals surface area (Å²) in [4.78, 5) is 8.85. The summed E-state index contributed by atoms with van der Waals surface area (Å²) >= 11 is 3.58. The number of hydrogen-bond donors (Lipinski definition) is 1. The second kappa shape index (κ2) is 7.88. The molecule has 0 aliphatic heterocycles. The molecule has 0 aliphatic rings. The molecule has 0 spiro atoms. The molecule has 6 heteroatoms. The molecule has 0 bridgehead atoms. The van der Waals surface area contributed by atoms with Crippen LogP contribution < -0.4 is 5.32 Å². The lowest BCUT2D eigenvalue weighted by Gasteiger charge is -2.08. The minimum Gasteiger partial charge on any atom is -0.340 e. The van der Waals surface area contributed by atoms with Gasteiger partial charge in [0.2, 0.25) is 0 Å². The first-order valence-electron chi connectivity index (χ1n) is 9.06. The van der Waals surface area contributed by atoms with Gasteiger partial charge < -0.3 is 5.32 Å². The van der Waals surface area contributed by atoms with E-state index in [9.17, 15) is 0 Å². The molecule has 0 aliphatic carbocycles. The average Bonchev–Trinajstić information content (AvgIpc) is 3.13. The zero-order chi connectivity index (χ0) is 18.6. The lowest BCUT2D eigenvalue weighted by atomic mass is 10.1. The number of halogens is 1. The number of para-hydroxylation sites is 1. The normalized spacial score (nSPS) is 11.0. The minimum absolute atomic E-state index is 0.750. The molecule has 136 valence electrons. The van der Waals surface area contributed by atoms with Crippen molar-refractivity contribution < 1.29 is 0 Å². The number of aryl methyl sites for hydroxylation is 1. The van der Waals surface area contributed by atoms with E-state index in [4.69, 9.17) is 0 Å². The van der Waals surface area contributed by atoms with Gasteiger partial charge in [0, 0.05) is 10.2 Å². The van der Waals surface area contributed by atoms with Crippen molar-refractivity contribution in [3.63, 3.8) is 0 Å². The molecule has 1 N–H and O–H groups in total. The predicted molar refractivity (Wildman–Crippen MR) is 113 cm³/mol. The van der Waals surface area contributed by atoms with E-state index in [1.807, 2.05) is 28.9 Å². The summed E-state index contributed by atoms with van der Waals surface area (Å²) in [6.45, 7) is 2.21. The third-order valence-electron chi connectivity index (χ3n) is 4.48. The topological polar surface area (TPSA) is 55.6 Å². The number of fused-ring (bicyclic) bond motifs is 1. The average molecular weight is 422 g/mol. The van der Waals surface area contributed by atoms with Gasteiger partial charge in [0.05, 0.1) is 17.3 Å². The van der Waals surface area contributed by atoms with Crippen molar-refractivity contribution >= 4 is 38.5 Å². The van der Waals surface area contributed by atoms with Gasteiger partial charge in [-0.25, -0.2) is 14.6 Å². The van der Waals surface area contributed by atoms with E-state index in [0.717, 1.165) is 39.1 Å². The van der Waals surface area contributed by atoms with Crippen LogP contribution in [0.15, 0.2) is 65.5 Å². The van der Waals surface area contributed by atoms with Crippen molar-refractivity contribution in [1.82, 2.24) is 19.7 Å². The van der Waals surface area contributed by atoms with E-state index < -0.39 is 0 Å². The largest absolute Gasteiger partial charge is 0.340 e. The van der Waals surface area contributed by atoms with Crippen LogP contribution in [0.4, 0.5) is 11.5 Å². The number of unbranched alkanes of at least 4 members (excludes halogenated alkanes) is 1. The maximum atomic E-state index is 4.52. The van der Waals surface area contributed by atoms with Gasteiger partial charge in [-0.3, -0.25) is 0 Å². The zero-order valence-corrected chi connectivity index (χ0v) is 16.6. The Bertz CT molecular complexity index is 1060. The van der Waals surface area contributed by atoms with Gasteiger partial charge in [-0.05, 0) is 58.6 Å². The van der Waals surface area contributed by atoms with Crippen LogP contribution in [0.5, 0.6) is 0 Å². The van der Waals surface area contributed by atoms with Crippen LogP contribution in [0.25, 0.3) is 16.7 Å². The summed E-state index contributed by atoms with van der Waals surface area (Å²) in [5.41, 5.74) is 4.07. The van der Waals surface area contributed by atoms with E-state index in [1.54, 1.807) is 12.5 Å². The smallest absolute Gasteiger partial charge is 0.168 e. The van der Waals surface area contributed by atoms with Crippen molar-refractivity contribution in [3.8, 4) is 5.69 Å². The van der Waals surface area contributed by atoms with Crippen LogP contribution in [0.2, 0.25) is 0 Å². The summed E-state index contributed by atoms with van der Waals surface area (Å²) in [7, 11) is 0. The van der Waals surface area contributed by atoms with E-state index in [-0.39, 0.29) is 0 Å². The summed E-state index contributed by atoms with van der Waals surface area (Å²) in [5, 5.41) is 8.79. The van der Waals surface area contributed by atoms with Crippen molar-refractivity contribution in [2.45, 2.75) is 26.2 Å². The molecule has 4 aromatic rings. The monoisotopic (exact) mass is 421 g/mol. The quantitative estimate of drug-likeness (QED) is 0.435. The number of benzene rings is 2. The molecule has 0 radical (unpaired) electrons. The van der Waals surface area contributed by atoms with E-state index in [0.29, 0.717) is 0 Å². The number of anilines is 2. The van der Waals surface area contributed by atoms with E-state index in [2.05, 4.69) is 67.5 Å². The highest BCUT2D eigenvalue weighted by atomic mass is 79.9. The Hall–Kier alpha value is -2.73. The summed E-state index contributed by atoms with van der Waals surface area (Å²) in [6, 6.07) is 16.5. The number of nitrogens with one attached hydrogen (secondary N) is 1. The highest BCUT2D eigenvalue weighted by Crippen LogP contribution is 2.27. The third kappa shape index (κ3) is 3.71. The van der Waals surface area contributed by atoms with Crippen LogP contribution >= 0.6 is 15.9 Å². The first kappa shape index (κ1) is 17.7. The second-order valence-electron chi connectivity index (χ2n) is 6.39. The molecule has 0 atom stereocenters. The molecule has 2 aromatic carbocycles. The molecular formula is C21H20BrN5. The van der Waals surface area contributed by atoms with Crippen LogP contribution in [-0.4, -0.2) is 19.7 Å². The van der Waals surface area contributed by atoms with Crippen LogP contribution in [0.3, 0.4) is 0 Å². The minimum atomic E-state index is 0.750. The lowest BCUT2D eigenvalue weighted by Crippen LogP contribution is -2.00. The zero-order valence-electron chi connectivity index (χ0n) is 15.1. The Morgan fingerprint density at radius 2 is 1.85 bits per heavy atom. The van der Waals surface area contributed by atoms with Crippen LogP contribution in [-0.2, 0) is 6.42 Å². The number of hydrogen-bond acceptors (Lipinski definition) is 4. The second-order valence-corrected chi connectivity index (χ2v) is 7.25. The Labute approximate surface area is 166 Å². The van der Waals surface area contributed by atoms with Gasteiger partial charge in [-0.15, -0.1) is 0 Å². The van der Waals surface area contributed by atoms with E-state index in [1.165, 1.54) is 18.4 Å². The van der Waals surface area contributed by atoms with Crippen molar-refractivity contribution in [2.24, 2.45) is 0 Å². The molecule has 5 nitrogen and oxygen atoms in total. The van der Waals surface area contributed by atoms with Crippen molar-refractivity contribution in [1.29, 1.82) is 0 Å². The third-order valence-corrected chi connectivity index (χ3v) is 5.15. The van der Waals surface area contributed by atoms with Gasteiger partial charge in [0.15, 0.2) is 5.65 Å². The number of nitrogens with zero attached hydrogens (tertiary/aromatic N) is 4. The highest BCUT2D eigenvalue weighted by molar-refractivity contribution is 9.10. The molecule has 0 amide bonds. The van der Waals surface area contributed by atoms with Gasteiger partial charge in [-0.1, -0.05) is 37.6 Å². The van der Waals surface area contributed by atoms with Gasteiger partial charge in [0.25, 0.3) is 0 Å². The van der Waals surface area contributed by atoms with Gasteiger partial charge in [-0.2, -0.15) is 5.10 Å². The first-order chi connectivity index (χ1) is 13.3. The van der Waals surface area contributed by atoms with E-state index >= 15 is 0 Å². The molecule has 2 heterocycles. The summed E-state index contributed by atoms with van der Waals surface area (Å²) < 4.78 is 2.78. The van der Waals surface area contributed by atoms with Crippen LogP contribution in [0, 0.1) is 0 Å². The fourth-order valence-corrected chi connectivity index (χ4v) is 3.47. The standard InChI is InChI=1S/C21H20BrN5/c1-2-3-6-15-9-11-16(12-10-15)26-20-17-13-25-27(21(17)24-14-23-20)19-8-5-4-7-18(19)22/h4-5,7-14H,2-3,6H2,1H3,(H,23,24,26). The van der Waals surface area contributed by atoms with Crippen molar-refractivity contribution in [3.05, 3.63) is 71.1 Å². The summed E-state index contributed by atoms with van der Waals surface area (Å²) in [6.07, 6.45) is 6.91.